The van der Waals surface area contributed by atoms with Gasteiger partial charge < -0.3 is 14.7 Å². The summed E-state index contributed by atoms with van der Waals surface area (Å²) >= 11 is 6.22. The highest BCUT2D eigenvalue weighted by Crippen LogP contribution is 2.28. The van der Waals surface area contributed by atoms with Gasteiger partial charge in [-0.3, -0.25) is 9.59 Å². The number of carboxylic acid groups (broad SMARTS) is 1. The number of hydrogen-bond donors (Lipinski definition) is 1. The summed E-state index contributed by atoms with van der Waals surface area (Å²) in [5, 5.41) is 9.09. The number of ether oxygens (including phenoxy) is 1. The third-order valence-corrected chi connectivity index (χ3v) is 3.49. The van der Waals surface area contributed by atoms with E-state index >= 15 is 0 Å². The van der Waals surface area contributed by atoms with Crippen molar-refractivity contribution >= 4 is 29.0 Å². The van der Waals surface area contributed by atoms with Crippen molar-refractivity contribution in [3.63, 3.8) is 0 Å². The molecule has 108 valence electrons. The lowest BCUT2D eigenvalue weighted by atomic mass is 10.1. The largest absolute Gasteiger partial charge is 0.481 e. The Hall–Kier alpha value is -1.59. The van der Waals surface area contributed by atoms with E-state index < -0.39 is 5.97 Å². The van der Waals surface area contributed by atoms with Crippen molar-refractivity contribution in [1.29, 1.82) is 0 Å². The molecule has 6 heteroatoms. The minimum atomic E-state index is -0.977. The molecule has 20 heavy (non-hydrogen) atoms. The standard InChI is InChI=1S/C14H16ClNO4/c15-11-9-10(13(17)3-4-14(18)19)1-2-12(11)16-5-7-20-8-6-16/h1-2,9H,3-8H2,(H,18,19). The fourth-order valence-corrected chi connectivity index (χ4v) is 2.41. The second-order valence-electron chi connectivity index (χ2n) is 4.58. The van der Waals surface area contributed by atoms with Crippen molar-refractivity contribution < 1.29 is 19.4 Å². The van der Waals surface area contributed by atoms with Gasteiger partial charge in [0.25, 0.3) is 0 Å². The van der Waals surface area contributed by atoms with Crippen molar-refractivity contribution in [3.05, 3.63) is 28.8 Å². The van der Waals surface area contributed by atoms with E-state index in [1.54, 1.807) is 12.1 Å². The first-order chi connectivity index (χ1) is 9.58. The van der Waals surface area contributed by atoms with E-state index in [9.17, 15) is 9.59 Å². The van der Waals surface area contributed by atoms with Crippen LogP contribution in [0.5, 0.6) is 0 Å². The number of nitrogens with zero attached hydrogens (tertiary/aromatic N) is 1. The number of benzene rings is 1. The third kappa shape index (κ3) is 3.71. The molecule has 1 saturated heterocycles. The van der Waals surface area contributed by atoms with Crippen molar-refractivity contribution in [1.82, 2.24) is 0 Å². The number of carboxylic acids is 1. The maximum absolute atomic E-state index is 11.8. The van der Waals surface area contributed by atoms with E-state index in [1.165, 1.54) is 0 Å². The highest BCUT2D eigenvalue weighted by atomic mass is 35.5. The maximum atomic E-state index is 11.8. The van der Waals surface area contributed by atoms with Crippen LogP contribution in [-0.4, -0.2) is 43.2 Å². The molecule has 1 heterocycles. The van der Waals surface area contributed by atoms with Crippen molar-refractivity contribution in [2.75, 3.05) is 31.2 Å². The van der Waals surface area contributed by atoms with E-state index in [0.717, 1.165) is 18.8 Å². The number of Topliss-reactive ketones (excluding diaryl/α,β-unsaturated/α-hetero) is 1. The van der Waals surface area contributed by atoms with Gasteiger partial charge in [0, 0.05) is 25.1 Å². The Bertz CT molecular complexity index is 512. The highest BCUT2D eigenvalue weighted by Gasteiger charge is 2.16. The van der Waals surface area contributed by atoms with Crippen molar-refractivity contribution in [2.24, 2.45) is 0 Å². The van der Waals surface area contributed by atoms with E-state index in [-0.39, 0.29) is 18.6 Å². The van der Waals surface area contributed by atoms with E-state index in [1.807, 2.05) is 6.07 Å². The summed E-state index contributed by atoms with van der Waals surface area (Å²) in [6.07, 6.45) is -0.176. The average Bonchev–Trinajstić information content (AvgIpc) is 2.45. The minimum Gasteiger partial charge on any atom is -0.481 e. The van der Waals surface area contributed by atoms with Gasteiger partial charge in [0.15, 0.2) is 5.78 Å². The third-order valence-electron chi connectivity index (χ3n) is 3.19. The normalized spacial score (nSPS) is 15.2. The summed E-state index contributed by atoms with van der Waals surface area (Å²) in [5.74, 6) is -1.18. The number of aliphatic carboxylic acids is 1. The van der Waals surface area contributed by atoms with E-state index in [2.05, 4.69) is 4.90 Å². The van der Waals surface area contributed by atoms with Crippen LogP contribution in [0.2, 0.25) is 5.02 Å². The summed E-state index contributed by atoms with van der Waals surface area (Å²) in [5.41, 5.74) is 1.33. The smallest absolute Gasteiger partial charge is 0.303 e. The fraction of sp³-hybridized carbons (Fsp3) is 0.429. The lowest BCUT2D eigenvalue weighted by Crippen LogP contribution is -2.36. The van der Waals surface area contributed by atoms with Crippen molar-refractivity contribution in [3.8, 4) is 0 Å². The monoisotopic (exact) mass is 297 g/mol. The molecule has 0 atom stereocenters. The van der Waals surface area contributed by atoms with Gasteiger partial charge in [-0.15, -0.1) is 0 Å². The van der Waals surface area contributed by atoms with Gasteiger partial charge in [-0.1, -0.05) is 11.6 Å². The second kappa shape index (κ2) is 6.72. The Balaban J connectivity index is 2.08. The van der Waals surface area contributed by atoms with Gasteiger partial charge in [-0.25, -0.2) is 0 Å². The number of halogens is 1. The first-order valence-corrected chi connectivity index (χ1v) is 6.83. The Kier molecular flexibility index (Phi) is 4.98. The summed E-state index contributed by atoms with van der Waals surface area (Å²) in [4.78, 5) is 24.4. The lowest BCUT2D eigenvalue weighted by Gasteiger charge is -2.29. The Morgan fingerprint density at radius 3 is 2.55 bits per heavy atom. The zero-order valence-electron chi connectivity index (χ0n) is 11.0. The van der Waals surface area contributed by atoms with Crippen LogP contribution in [0.3, 0.4) is 0 Å². The molecule has 0 bridgehead atoms. The second-order valence-corrected chi connectivity index (χ2v) is 4.99. The van der Waals surface area contributed by atoms with Crippen molar-refractivity contribution in [2.45, 2.75) is 12.8 Å². The number of carbonyl (C=O) groups is 2. The van der Waals surface area contributed by atoms with Crippen LogP contribution < -0.4 is 4.90 Å². The fourth-order valence-electron chi connectivity index (χ4n) is 2.11. The number of carbonyl (C=O) groups excluding carboxylic acids is 1. The molecule has 0 aromatic heterocycles. The van der Waals surface area contributed by atoms with E-state index in [4.69, 9.17) is 21.4 Å². The molecule has 0 amide bonds. The van der Waals surface area contributed by atoms with Crippen LogP contribution in [0, 0.1) is 0 Å². The number of rotatable bonds is 5. The molecule has 1 aliphatic heterocycles. The first kappa shape index (κ1) is 14.8. The molecule has 0 unspecified atom stereocenters. The van der Waals surface area contributed by atoms with Gasteiger partial charge in [0.2, 0.25) is 0 Å². The first-order valence-electron chi connectivity index (χ1n) is 6.45. The van der Waals surface area contributed by atoms with Crippen LogP contribution >= 0.6 is 11.6 Å². The molecule has 1 N–H and O–H groups in total. The number of hydrogen-bond acceptors (Lipinski definition) is 4. The molecule has 1 fully saturated rings. The molecule has 0 radical (unpaired) electrons. The summed E-state index contributed by atoms with van der Waals surface area (Å²) < 4.78 is 5.28. The van der Waals surface area contributed by atoms with Crippen LogP contribution in [0.1, 0.15) is 23.2 Å². The molecule has 1 aliphatic rings. The number of morpholine rings is 1. The Morgan fingerprint density at radius 1 is 1.25 bits per heavy atom. The summed E-state index contributed by atoms with van der Waals surface area (Å²) in [6, 6.07) is 5.11. The molecule has 0 spiro atoms. The Morgan fingerprint density at radius 2 is 1.95 bits per heavy atom. The van der Waals surface area contributed by atoms with Gasteiger partial charge in [0.05, 0.1) is 30.3 Å². The molecule has 5 nitrogen and oxygen atoms in total. The molecule has 1 aromatic carbocycles. The summed E-state index contributed by atoms with van der Waals surface area (Å²) in [6.45, 7) is 2.86. The predicted octanol–water partition coefficient (Wildman–Crippen LogP) is 2.22. The zero-order chi connectivity index (χ0) is 14.5. The Labute approximate surface area is 122 Å². The number of ketones is 1. The zero-order valence-corrected chi connectivity index (χ0v) is 11.7. The SMILES string of the molecule is O=C(O)CCC(=O)c1ccc(N2CCOCC2)c(Cl)c1. The molecule has 0 aliphatic carbocycles. The molecular weight excluding hydrogens is 282 g/mol. The highest BCUT2D eigenvalue weighted by molar-refractivity contribution is 6.33. The van der Waals surface area contributed by atoms with Gasteiger partial charge in [-0.05, 0) is 18.2 Å². The van der Waals surface area contributed by atoms with Gasteiger partial charge in [-0.2, -0.15) is 0 Å². The average molecular weight is 298 g/mol. The maximum Gasteiger partial charge on any atom is 0.303 e. The lowest BCUT2D eigenvalue weighted by molar-refractivity contribution is -0.136. The van der Waals surface area contributed by atoms with Crippen LogP contribution in [0.25, 0.3) is 0 Å². The summed E-state index contributed by atoms with van der Waals surface area (Å²) in [7, 11) is 0. The predicted molar refractivity (Wildman–Crippen MR) is 75.7 cm³/mol. The topological polar surface area (TPSA) is 66.8 Å². The molecule has 2 rings (SSSR count). The number of anilines is 1. The van der Waals surface area contributed by atoms with Gasteiger partial charge in [0.1, 0.15) is 0 Å². The van der Waals surface area contributed by atoms with Crippen LogP contribution in [0.15, 0.2) is 18.2 Å². The molecular formula is C14H16ClNO4. The van der Waals surface area contributed by atoms with Gasteiger partial charge >= 0.3 is 5.97 Å². The van der Waals surface area contributed by atoms with E-state index in [0.29, 0.717) is 23.8 Å². The van der Waals surface area contributed by atoms with Crippen LogP contribution in [0.4, 0.5) is 5.69 Å². The van der Waals surface area contributed by atoms with Crippen LogP contribution in [-0.2, 0) is 9.53 Å². The minimum absolute atomic E-state index is 0.0113. The molecule has 0 saturated carbocycles. The molecule has 1 aromatic rings. The quantitative estimate of drug-likeness (QED) is 0.844.